The Bertz CT molecular complexity index is 542. The third-order valence-corrected chi connectivity index (χ3v) is 5.31. The zero-order valence-electron chi connectivity index (χ0n) is 14.0. The second-order valence-corrected chi connectivity index (χ2v) is 6.94. The molecule has 2 unspecified atom stereocenters. The molecular formula is C19H27FN2O. The van der Waals surface area contributed by atoms with Gasteiger partial charge in [0.2, 0.25) is 5.91 Å². The van der Waals surface area contributed by atoms with Crippen molar-refractivity contribution in [3.8, 4) is 0 Å². The fourth-order valence-electron chi connectivity index (χ4n) is 4.07. The van der Waals surface area contributed by atoms with Gasteiger partial charge in [-0.3, -0.25) is 4.79 Å². The van der Waals surface area contributed by atoms with Gasteiger partial charge in [0.05, 0.1) is 0 Å². The molecule has 3 nitrogen and oxygen atoms in total. The molecule has 2 heterocycles. The van der Waals surface area contributed by atoms with Crippen LogP contribution in [0.3, 0.4) is 0 Å². The zero-order valence-corrected chi connectivity index (χ0v) is 14.0. The van der Waals surface area contributed by atoms with Crippen molar-refractivity contribution >= 4 is 5.91 Å². The molecule has 1 aromatic carbocycles. The molecule has 2 fully saturated rings. The van der Waals surface area contributed by atoms with E-state index in [4.69, 9.17) is 0 Å². The van der Waals surface area contributed by atoms with Gasteiger partial charge < -0.3 is 9.80 Å². The predicted molar refractivity (Wildman–Crippen MR) is 89.8 cm³/mol. The van der Waals surface area contributed by atoms with Crippen molar-refractivity contribution in [2.75, 3.05) is 32.7 Å². The van der Waals surface area contributed by atoms with Gasteiger partial charge in [0, 0.05) is 32.0 Å². The Balaban J connectivity index is 1.76. The first kappa shape index (κ1) is 16.4. The standard InChI is InChI=1S/C19H27FN2O/c1-2-19(23)22-13-16(12-21-9-4-3-5-10-21)18(14-22)15-7-6-8-17(20)11-15/h6-8,11,16,18H,2-5,9-10,12-14H2,1H3. The van der Waals surface area contributed by atoms with Crippen LogP contribution in [0.15, 0.2) is 24.3 Å². The van der Waals surface area contributed by atoms with Gasteiger partial charge in [-0.15, -0.1) is 0 Å². The Labute approximate surface area is 138 Å². The molecule has 0 radical (unpaired) electrons. The van der Waals surface area contributed by atoms with Crippen molar-refractivity contribution in [1.29, 1.82) is 0 Å². The maximum atomic E-state index is 13.6. The molecule has 2 aliphatic rings. The van der Waals surface area contributed by atoms with E-state index in [2.05, 4.69) is 4.90 Å². The highest BCUT2D eigenvalue weighted by Crippen LogP contribution is 2.34. The molecule has 0 saturated carbocycles. The summed E-state index contributed by atoms with van der Waals surface area (Å²) in [5, 5.41) is 0. The van der Waals surface area contributed by atoms with Crippen molar-refractivity contribution in [1.82, 2.24) is 9.80 Å². The third-order valence-electron chi connectivity index (χ3n) is 5.31. The summed E-state index contributed by atoms with van der Waals surface area (Å²) in [4.78, 5) is 16.6. The van der Waals surface area contributed by atoms with Crippen LogP contribution in [0, 0.1) is 11.7 Å². The van der Waals surface area contributed by atoms with Crippen molar-refractivity contribution in [2.24, 2.45) is 5.92 Å². The molecule has 0 aliphatic carbocycles. The molecule has 126 valence electrons. The molecule has 2 aliphatic heterocycles. The van der Waals surface area contributed by atoms with Gasteiger partial charge in [-0.25, -0.2) is 4.39 Å². The number of rotatable bonds is 4. The van der Waals surface area contributed by atoms with Gasteiger partial charge in [-0.2, -0.15) is 0 Å². The molecule has 1 amide bonds. The molecule has 2 atom stereocenters. The summed E-state index contributed by atoms with van der Waals surface area (Å²) in [6.07, 6.45) is 4.42. The summed E-state index contributed by atoms with van der Waals surface area (Å²) in [5.74, 6) is 0.695. The number of carbonyl (C=O) groups is 1. The maximum absolute atomic E-state index is 13.6. The monoisotopic (exact) mass is 318 g/mol. The minimum absolute atomic E-state index is 0.181. The van der Waals surface area contributed by atoms with Crippen LogP contribution in [-0.2, 0) is 4.79 Å². The molecule has 4 heteroatoms. The van der Waals surface area contributed by atoms with E-state index in [1.54, 1.807) is 12.1 Å². The lowest BCUT2D eigenvalue weighted by atomic mass is 9.88. The molecular weight excluding hydrogens is 291 g/mol. The number of hydrogen-bond acceptors (Lipinski definition) is 2. The van der Waals surface area contributed by atoms with Crippen LogP contribution in [-0.4, -0.2) is 48.4 Å². The average Bonchev–Trinajstić information content (AvgIpc) is 2.99. The molecule has 0 N–H and O–H groups in total. The third kappa shape index (κ3) is 3.92. The molecule has 23 heavy (non-hydrogen) atoms. The Morgan fingerprint density at radius 1 is 1.22 bits per heavy atom. The van der Waals surface area contributed by atoms with Gasteiger partial charge in [0.25, 0.3) is 0 Å². The van der Waals surface area contributed by atoms with Crippen molar-refractivity contribution in [2.45, 2.75) is 38.5 Å². The Morgan fingerprint density at radius 3 is 2.70 bits per heavy atom. The van der Waals surface area contributed by atoms with Crippen molar-refractivity contribution in [3.05, 3.63) is 35.6 Å². The normalized spacial score (nSPS) is 25.7. The molecule has 3 rings (SSSR count). The second-order valence-electron chi connectivity index (χ2n) is 6.94. The fourth-order valence-corrected chi connectivity index (χ4v) is 4.07. The van der Waals surface area contributed by atoms with E-state index < -0.39 is 0 Å². The first-order chi connectivity index (χ1) is 11.2. The van der Waals surface area contributed by atoms with E-state index in [1.165, 1.54) is 25.3 Å². The van der Waals surface area contributed by atoms with Gasteiger partial charge >= 0.3 is 0 Å². The van der Waals surface area contributed by atoms with E-state index in [0.717, 1.165) is 38.3 Å². The Hall–Kier alpha value is -1.42. The van der Waals surface area contributed by atoms with Gasteiger partial charge in [0.1, 0.15) is 5.82 Å². The minimum atomic E-state index is -0.181. The molecule has 0 spiro atoms. The summed E-state index contributed by atoms with van der Waals surface area (Å²) in [6, 6.07) is 6.94. The van der Waals surface area contributed by atoms with Crippen LogP contribution >= 0.6 is 0 Å². The van der Waals surface area contributed by atoms with Crippen LogP contribution in [0.4, 0.5) is 4.39 Å². The summed E-state index contributed by atoms with van der Waals surface area (Å²) >= 11 is 0. The van der Waals surface area contributed by atoms with Gasteiger partial charge in [-0.1, -0.05) is 25.5 Å². The Morgan fingerprint density at radius 2 is 2.00 bits per heavy atom. The highest BCUT2D eigenvalue weighted by molar-refractivity contribution is 5.76. The van der Waals surface area contributed by atoms with Crippen molar-refractivity contribution < 1.29 is 9.18 Å². The number of likely N-dealkylation sites (tertiary alicyclic amines) is 2. The molecule has 0 aromatic heterocycles. The van der Waals surface area contributed by atoms with E-state index in [-0.39, 0.29) is 17.6 Å². The van der Waals surface area contributed by atoms with Crippen LogP contribution in [0.25, 0.3) is 0 Å². The first-order valence-electron chi connectivity index (χ1n) is 8.93. The number of amides is 1. The summed E-state index contributed by atoms with van der Waals surface area (Å²) in [6.45, 7) is 6.80. The van der Waals surface area contributed by atoms with E-state index in [0.29, 0.717) is 12.3 Å². The fraction of sp³-hybridized carbons (Fsp3) is 0.632. The first-order valence-corrected chi connectivity index (χ1v) is 8.93. The average molecular weight is 318 g/mol. The second kappa shape index (κ2) is 7.43. The van der Waals surface area contributed by atoms with E-state index >= 15 is 0 Å². The number of carbonyl (C=O) groups excluding carboxylic acids is 1. The summed E-state index contributed by atoms with van der Waals surface area (Å²) in [5.41, 5.74) is 1.04. The lowest BCUT2D eigenvalue weighted by Crippen LogP contribution is -2.36. The van der Waals surface area contributed by atoms with Crippen LogP contribution in [0.5, 0.6) is 0 Å². The van der Waals surface area contributed by atoms with Gasteiger partial charge in [-0.05, 0) is 49.5 Å². The molecule has 2 saturated heterocycles. The molecule has 1 aromatic rings. The topological polar surface area (TPSA) is 23.6 Å². The lowest BCUT2D eigenvalue weighted by molar-refractivity contribution is -0.130. The van der Waals surface area contributed by atoms with E-state index in [9.17, 15) is 9.18 Å². The maximum Gasteiger partial charge on any atom is 0.222 e. The zero-order chi connectivity index (χ0) is 16.2. The number of nitrogens with zero attached hydrogens (tertiary/aromatic N) is 2. The van der Waals surface area contributed by atoms with E-state index in [1.807, 2.05) is 17.9 Å². The van der Waals surface area contributed by atoms with Crippen LogP contribution < -0.4 is 0 Å². The minimum Gasteiger partial charge on any atom is -0.342 e. The molecule has 0 bridgehead atoms. The highest BCUT2D eigenvalue weighted by atomic mass is 19.1. The van der Waals surface area contributed by atoms with Crippen molar-refractivity contribution in [3.63, 3.8) is 0 Å². The SMILES string of the molecule is CCC(=O)N1CC(CN2CCCCC2)C(c2cccc(F)c2)C1. The van der Waals surface area contributed by atoms with Crippen LogP contribution in [0.1, 0.15) is 44.1 Å². The lowest BCUT2D eigenvalue weighted by Gasteiger charge is -2.31. The smallest absolute Gasteiger partial charge is 0.222 e. The van der Waals surface area contributed by atoms with Gasteiger partial charge in [0.15, 0.2) is 0 Å². The quantitative estimate of drug-likeness (QED) is 0.851. The Kier molecular flexibility index (Phi) is 5.31. The summed E-state index contributed by atoms with van der Waals surface area (Å²) in [7, 11) is 0. The summed E-state index contributed by atoms with van der Waals surface area (Å²) < 4.78 is 13.6. The predicted octanol–water partition coefficient (Wildman–Crippen LogP) is 3.26. The number of halogens is 1. The number of benzene rings is 1. The largest absolute Gasteiger partial charge is 0.342 e. The van der Waals surface area contributed by atoms with Crippen LogP contribution in [0.2, 0.25) is 0 Å². The number of hydrogen-bond donors (Lipinski definition) is 0. The highest BCUT2D eigenvalue weighted by Gasteiger charge is 2.36. The number of piperidine rings is 1.